The quantitative estimate of drug-likeness (QED) is 0.882. The van der Waals surface area contributed by atoms with Crippen molar-refractivity contribution in [1.82, 2.24) is 0 Å². The molecule has 0 spiro atoms. The predicted molar refractivity (Wildman–Crippen MR) is 82.6 cm³/mol. The van der Waals surface area contributed by atoms with Gasteiger partial charge in [-0.2, -0.15) is 0 Å². The van der Waals surface area contributed by atoms with Gasteiger partial charge in [0.15, 0.2) is 0 Å². The zero-order valence-corrected chi connectivity index (χ0v) is 12.5. The van der Waals surface area contributed by atoms with Crippen LogP contribution in [0.2, 0.25) is 0 Å². The van der Waals surface area contributed by atoms with Crippen LogP contribution in [0.5, 0.6) is 5.75 Å². The monoisotopic (exact) mass is 285 g/mol. The third-order valence-corrected chi connectivity index (χ3v) is 4.12. The fourth-order valence-corrected chi connectivity index (χ4v) is 2.85. The summed E-state index contributed by atoms with van der Waals surface area (Å²) in [5.74, 6) is 2.15. The lowest BCUT2D eigenvalue weighted by Crippen LogP contribution is -3.13. The van der Waals surface area contributed by atoms with E-state index in [2.05, 4.69) is 34.1 Å². The highest BCUT2D eigenvalue weighted by Gasteiger charge is 2.25. The zero-order valence-electron chi connectivity index (χ0n) is 12.5. The Morgan fingerprint density at radius 3 is 2.48 bits per heavy atom. The molecule has 0 aliphatic carbocycles. The molecule has 110 valence electrons. The summed E-state index contributed by atoms with van der Waals surface area (Å²) in [6, 6.07) is 14.7. The molecule has 4 heteroatoms. The summed E-state index contributed by atoms with van der Waals surface area (Å²) in [4.78, 5) is 7.39. The smallest absolute Gasteiger partial charge is 0.274 e. The van der Waals surface area contributed by atoms with Gasteiger partial charge < -0.3 is 9.64 Å². The molecule has 2 N–H and O–H groups in total. The van der Waals surface area contributed by atoms with Crippen molar-refractivity contribution >= 4 is 5.82 Å². The van der Waals surface area contributed by atoms with Gasteiger partial charge in [0.25, 0.3) is 5.82 Å². The van der Waals surface area contributed by atoms with Crippen molar-refractivity contribution in [3.63, 3.8) is 0 Å². The molecule has 2 heterocycles. The van der Waals surface area contributed by atoms with E-state index in [1.54, 1.807) is 12.0 Å². The van der Waals surface area contributed by atoms with E-state index in [9.17, 15) is 0 Å². The standard InChI is InChI=1S/C17H21N3O/c1-21-16-7-5-15(6-8-16)14-19-10-12-20(13-11-19)17-4-2-3-9-18-17/h2-9H,10-14H2,1H3/p+2. The molecule has 21 heavy (non-hydrogen) atoms. The van der Waals surface area contributed by atoms with E-state index in [0.717, 1.165) is 25.4 Å². The van der Waals surface area contributed by atoms with Crippen molar-refractivity contribution in [2.75, 3.05) is 38.2 Å². The van der Waals surface area contributed by atoms with Gasteiger partial charge in [0.1, 0.15) is 38.5 Å². The van der Waals surface area contributed by atoms with Crippen LogP contribution in [-0.2, 0) is 6.54 Å². The van der Waals surface area contributed by atoms with Crippen LogP contribution < -0.4 is 19.5 Å². The normalized spacial score (nSPS) is 16.0. The number of nitrogens with one attached hydrogen (secondary N) is 2. The number of H-pyrrole nitrogens is 1. The topological polar surface area (TPSA) is 31.1 Å². The molecular formula is C17H23N3O+2. The van der Waals surface area contributed by atoms with Crippen LogP contribution in [0.25, 0.3) is 0 Å². The second-order valence-corrected chi connectivity index (χ2v) is 5.51. The summed E-state index contributed by atoms with van der Waals surface area (Å²) >= 11 is 0. The summed E-state index contributed by atoms with van der Waals surface area (Å²) in [6.45, 7) is 5.65. The SMILES string of the molecule is COc1ccc(C[NH+]2CCN(c3cccc[nH+]3)CC2)cc1. The van der Waals surface area contributed by atoms with Crippen LogP contribution in [0.4, 0.5) is 5.82 Å². The van der Waals surface area contributed by atoms with E-state index >= 15 is 0 Å². The van der Waals surface area contributed by atoms with E-state index in [-0.39, 0.29) is 0 Å². The lowest BCUT2D eigenvalue weighted by molar-refractivity contribution is -0.914. The number of pyridine rings is 1. The van der Waals surface area contributed by atoms with Crippen molar-refractivity contribution < 1.29 is 14.6 Å². The summed E-state index contributed by atoms with van der Waals surface area (Å²) in [6.07, 6.45) is 1.99. The number of quaternary nitrogens is 1. The molecule has 4 nitrogen and oxygen atoms in total. The molecule has 1 aromatic heterocycles. The van der Waals surface area contributed by atoms with Crippen LogP contribution in [0, 0.1) is 0 Å². The third-order valence-electron chi connectivity index (χ3n) is 4.12. The molecule has 1 aromatic carbocycles. The molecule has 0 amide bonds. The first-order valence-electron chi connectivity index (χ1n) is 7.53. The number of rotatable bonds is 4. The number of methoxy groups -OCH3 is 1. The van der Waals surface area contributed by atoms with Crippen LogP contribution in [-0.4, -0.2) is 33.3 Å². The number of hydrogen-bond acceptors (Lipinski definition) is 2. The Labute approximate surface area is 126 Å². The second-order valence-electron chi connectivity index (χ2n) is 5.51. The summed E-state index contributed by atoms with van der Waals surface area (Å²) in [5, 5.41) is 0. The molecule has 1 aliphatic heterocycles. The van der Waals surface area contributed by atoms with E-state index < -0.39 is 0 Å². The van der Waals surface area contributed by atoms with Crippen LogP contribution in [0.15, 0.2) is 48.7 Å². The first-order valence-corrected chi connectivity index (χ1v) is 7.53. The molecule has 1 fully saturated rings. The molecule has 2 aromatic rings. The van der Waals surface area contributed by atoms with Crippen molar-refractivity contribution in [3.8, 4) is 5.75 Å². The number of ether oxygens (including phenoxy) is 1. The molecule has 0 bridgehead atoms. The van der Waals surface area contributed by atoms with E-state index in [4.69, 9.17) is 4.74 Å². The molecule has 1 aliphatic rings. The maximum atomic E-state index is 5.21. The second kappa shape index (κ2) is 6.59. The average Bonchev–Trinajstić information content (AvgIpc) is 2.57. The molecule has 0 radical (unpaired) electrons. The average molecular weight is 285 g/mol. The van der Waals surface area contributed by atoms with Crippen LogP contribution in [0.3, 0.4) is 0 Å². The van der Waals surface area contributed by atoms with Gasteiger partial charge in [-0.25, -0.2) is 4.98 Å². The Morgan fingerprint density at radius 1 is 1.10 bits per heavy atom. The highest BCUT2D eigenvalue weighted by molar-refractivity contribution is 5.32. The number of anilines is 1. The molecular weight excluding hydrogens is 262 g/mol. The Morgan fingerprint density at radius 2 is 1.86 bits per heavy atom. The number of benzene rings is 1. The molecule has 0 atom stereocenters. The Balaban J connectivity index is 1.53. The third kappa shape index (κ3) is 3.52. The molecule has 0 saturated carbocycles. The molecule has 1 saturated heterocycles. The van der Waals surface area contributed by atoms with Crippen molar-refractivity contribution in [3.05, 3.63) is 54.2 Å². The Hall–Kier alpha value is -2.07. The lowest BCUT2D eigenvalue weighted by atomic mass is 10.2. The van der Waals surface area contributed by atoms with Gasteiger partial charge in [-0.15, -0.1) is 0 Å². The number of nitrogens with zero attached hydrogens (tertiary/aromatic N) is 1. The minimum atomic E-state index is 0.929. The first-order chi connectivity index (χ1) is 10.3. The van der Waals surface area contributed by atoms with Gasteiger partial charge in [-0.3, -0.25) is 4.90 Å². The van der Waals surface area contributed by atoms with Crippen molar-refractivity contribution in [2.24, 2.45) is 0 Å². The van der Waals surface area contributed by atoms with Gasteiger partial charge in [-0.05, 0) is 30.3 Å². The maximum absolute atomic E-state index is 5.21. The van der Waals surface area contributed by atoms with Crippen molar-refractivity contribution in [1.29, 1.82) is 0 Å². The number of piperazine rings is 1. The van der Waals surface area contributed by atoms with Gasteiger partial charge in [0.2, 0.25) is 0 Å². The van der Waals surface area contributed by atoms with E-state index in [0.29, 0.717) is 0 Å². The fraction of sp³-hybridized carbons (Fsp3) is 0.353. The van der Waals surface area contributed by atoms with Crippen LogP contribution >= 0.6 is 0 Å². The van der Waals surface area contributed by atoms with E-state index in [1.807, 2.05) is 24.4 Å². The Kier molecular flexibility index (Phi) is 4.36. The fourth-order valence-electron chi connectivity index (χ4n) is 2.85. The summed E-state index contributed by atoms with van der Waals surface area (Å²) < 4.78 is 5.21. The van der Waals surface area contributed by atoms with Gasteiger partial charge in [0.05, 0.1) is 13.3 Å². The lowest BCUT2D eigenvalue weighted by Gasteiger charge is -2.28. The summed E-state index contributed by atoms with van der Waals surface area (Å²) in [7, 11) is 1.71. The van der Waals surface area contributed by atoms with Gasteiger partial charge in [-0.1, -0.05) is 6.07 Å². The molecule has 0 unspecified atom stereocenters. The maximum Gasteiger partial charge on any atom is 0.274 e. The number of aromatic amines is 1. The van der Waals surface area contributed by atoms with E-state index in [1.165, 1.54) is 24.5 Å². The number of aromatic nitrogens is 1. The summed E-state index contributed by atoms with van der Waals surface area (Å²) in [5.41, 5.74) is 1.38. The Bertz CT molecular complexity index is 548. The zero-order chi connectivity index (χ0) is 14.5. The van der Waals surface area contributed by atoms with Crippen LogP contribution in [0.1, 0.15) is 5.56 Å². The first kappa shape index (κ1) is 13.9. The highest BCUT2D eigenvalue weighted by Crippen LogP contribution is 2.10. The van der Waals surface area contributed by atoms with Gasteiger partial charge >= 0.3 is 0 Å². The highest BCUT2D eigenvalue weighted by atomic mass is 16.5. The van der Waals surface area contributed by atoms with Crippen molar-refractivity contribution in [2.45, 2.75) is 6.54 Å². The predicted octanol–water partition coefficient (Wildman–Crippen LogP) is 0.414. The van der Waals surface area contributed by atoms with Gasteiger partial charge in [0, 0.05) is 11.6 Å². The number of hydrogen-bond donors (Lipinski definition) is 1. The molecule has 3 rings (SSSR count). The minimum absolute atomic E-state index is 0.929. The minimum Gasteiger partial charge on any atom is -0.497 e. The largest absolute Gasteiger partial charge is 0.497 e.